The molecule has 1 aliphatic rings. The Hall–Kier alpha value is -1.29. The summed E-state index contributed by atoms with van der Waals surface area (Å²) in [5, 5.41) is 1.23. The number of nitrogens with zero attached hydrogens (tertiary/aromatic N) is 1. The van der Waals surface area contributed by atoms with Crippen LogP contribution in [0.5, 0.6) is 0 Å². The molecule has 100 valence electrons. The molecule has 2 aromatic rings. The summed E-state index contributed by atoms with van der Waals surface area (Å²) in [5.41, 5.74) is 3.71. The number of carbonyl (C=O) groups is 1. The van der Waals surface area contributed by atoms with Crippen LogP contribution in [0.2, 0.25) is 0 Å². The number of halogens is 1. The Morgan fingerprint density at radius 1 is 1.47 bits per heavy atom. The zero-order valence-electron chi connectivity index (χ0n) is 11.0. The molecule has 3 nitrogen and oxygen atoms in total. The van der Waals surface area contributed by atoms with Crippen molar-refractivity contribution in [3.63, 3.8) is 0 Å². The van der Waals surface area contributed by atoms with Gasteiger partial charge in [-0.25, -0.2) is 0 Å². The summed E-state index contributed by atoms with van der Waals surface area (Å²) >= 11 is 3.58. The van der Waals surface area contributed by atoms with Gasteiger partial charge in [0.25, 0.3) is 0 Å². The third kappa shape index (κ3) is 2.18. The molecule has 1 amide bonds. The number of aromatic amines is 1. The highest BCUT2D eigenvalue weighted by atomic mass is 79.9. The molecule has 0 bridgehead atoms. The lowest BCUT2D eigenvalue weighted by atomic mass is 10.0. The van der Waals surface area contributed by atoms with E-state index in [1.807, 2.05) is 17.0 Å². The van der Waals surface area contributed by atoms with Crippen molar-refractivity contribution in [2.24, 2.45) is 0 Å². The first-order chi connectivity index (χ1) is 9.20. The van der Waals surface area contributed by atoms with Gasteiger partial charge >= 0.3 is 0 Å². The van der Waals surface area contributed by atoms with Crippen molar-refractivity contribution in [2.45, 2.75) is 32.7 Å². The van der Waals surface area contributed by atoms with E-state index in [-0.39, 0.29) is 5.91 Å². The molecule has 0 atom stereocenters. The first-order valence-corrected chi connectivity index (χ1v) is 7.55. The van der Waals surface area contributed by atoms with Crippen LogP contribution in [0.25, 0.3) is 10.9 Å². The van der Waals surface area contributed by atoms with Crippen molar-refractivity contribution in [3.8, 4) is 0 Å². The number of rotatable bonds is 2. The van der Waals surface area contributed by atoms with Crippen LogP contribution in [0.3, 0.4) is 0 Å². The number of hydrogen-bond donors (Lipinski definition) is 1. The first kappa shape index (κ1) is 12.7. The zero-order chi connectivity index (χ0) is 13.4. The summed E-state index contributed by atoms with van der Waals surface area (Å²) in [7, 11) is 0. The first-order valence-electron chi connectivity index (χ1n) is 6.76. The van der Waals surface area contributed by atoms with Gasteiger partial charge in [0, 0.05) is 47.0 Å². The predicted octanol–water partition coefficient (Wildman–Crippen LogP) is 3.62. The second kappa shape index (κ2) is 5.00. The summed E-state index contributed by atoms with van der Waals surface area (Å²) in [6.07, 6.45) is 2.49. The normalized spacial score (nSPS) is 14.7. The second-order valence-corrected chi connectivity index (χ2v) is 5.91. The summed E-state index contributed by atoms with van der Waals surface area (Å²) in [6.45, 7) is 3.62. The molecule has 0 saturated heterocycles. The standard InChI is InChI=1S/C15H17BrN2O/c1-2-4-14(19)18-8-7-13-11(9-18)10-5-3-6-12(16)15(10)17-13/h3,5-6,17H,2,4,7-9H2,1H3. The van der Waals surface area contributed by atoms with Gasteiger partial charge < -0.3 is 9.88 Å². The van der Waals surface area contributed by atoms with E-state index >= 15 is 0 Å². The molecule has 4 heteroatoms. The molecule has 1 aliphatic heterocycles. The van der Waals surface area contributed by atoms with Gasteiger partial charge in [-0.05, 0) is 28.4 Å². The van der Waals surface area contributed by atoms with E-state index in [1.165, 1.54) is 16.6 Å². The van der Waals surface area contributed by atoms with E-state index < -0.39 is 0 Å². The maximum Gasteiger partial charge on any atom is 0.222 e. The molecule has 1 N–H and O–H groups in total. The number of nitrogens with one attached hydrogen (secondary N) is 1. The van der Waals surface area contributed by atoms with E-state index in [0.717, 1.165) is 35.9 Å². The minimum absolute atomic E-state index is 0.275. The average molecular weight is 321 g/mol. The molecular weight excluding hydrogens is 304 g/mol. The van der Waals surface area contributed by atoms with Gasteiger partial charge in [0.15, 0.2) is 0 Å². The Morgan fingerprint density at radius 3 is 3.11 bits per heavy atom. The Kier molecular flexibility index (Phi) is 3.35. The van der Waals surface area contributed by atoms with E-state index in [0.29, 0.717) is 6.42 Å². The van der Waals surface area contributed by atoms with Gasteiger partial charge in [-0.1, -0.05) is 19.1 Å². The number of amides is 1. The van der Waals surface area contributed by atoms with Crippen LogP contribution < -0.4 is 0 Å². The van der Waals surface area contributed by atoms with E-state index in [1.54, 1.807) is 0 Å². The lowest BCUT2D eigenvalue weighted by Gasteiger charge is -2.27. The highest BCUT2D eigenvalue weighted by Crippen LogP contribution is 2.31. The third-order valence-corrected chi connectivity index (χ3v) is 4.44. The van der Waals surface area contributed by atoms with Crippen LogP contribution in [-0.2, 0) is 17.8 Å². The molecule has 1 aromatic carbocycles. The van der Waals surface area contributed by atoms with Crippen LogP contribution in [0.1, 0.15) is 31.0 Å². The number of para-hydroxylation sites is 1. The van der Waals surface area contributed by atoms with Crippen LogP contribution in [0.4, 0.5) is 0 Å². The minimum Gasteiger partial charge on any atom is -0.357 e. The number of carbonyl (C=O) groups excluding carboxylic acids is 1. The number of benzene rings is 1. The predicted molar refractivity (Wildman–Crippen MR) is 80.0 cm³/mol. The van der Waals surface area contributed by atoms with Gasteiger partial charge in [-0.15, -0.1) is 0 Å². The van der Waals surface area contributed by atoms with Crippen molar-refractivity contribution >= 4 is 32.7 Å². The number of fused-ring (bicyclic) bond motifs is 3. The molecule has 3 rings (SSSR count). The van der Waals surface area contributed by atoms with E-state index in [2.05, 4.69) is 33.9 Å². The summed E-state index contributed by atoms with van der Waals surface area (Å²) < 4.78 is 1.09. The van der Waals surface area contributed by atoms with Gasteiger partial charge in [-0.3, -0.25) is 4.79 Å². The highest BCUT2D eigenvalue weighted by molar-refractivity contribution is 9.10. The fourth-order valence-corrected chi connectivity index (χ4v) is 3.25. The van der Waals surface area contributed by atoms with Crippen molar-refractivity contribution in [2.75, 3.05) is 6.54 Å². The van der Waals surface area contributed by atoms with Gasteiger partial charge in [0.2, 0.25) is 5.91 Å². The Labute approximate surface area is 121 Å². The fourth-order valence-electron chi connectivity index (χ4n) is 2.79. The zero-order valence-corrected chi connectivity index (χ0v) is 12.6. The molecule has 1 aromatic heterocycles. The summed E-state index contributed by atoms with van der Waals surface area (Å²) in [5.74, 6) is 0.275. The quantitative estimate of drug-likeness (QED) is 0.901. The number of hydrogen-bond acceptors (Lipinski definition) is 1. The maximum absolute atomic E-state index is 12.0. The Morgan fingerprint density at radius 2 is 2.32 bits per heavy atom. The monoisotopic (exact) mass is 320 g/mol. The van der Waals surface area contributed by atoms with Crippen molar-refractivity contribution < 1.29 is 4.79 Å². The molecule has 0 spiro atoms. The Balaban J connectivity index is 1.98. The summed E-state index contributed by atoms with van der Waals surface area (Å²) in [4.78, 5) is 17.5. The molecule has 0 saturated carbocycles. The van der Waals surface area contributed by atoms with Crippen LogP contribution in [0, 0.1) is 0 Å². The highest BCUT2D eigenvalue weighted by Gasteiger charge is 2.23. The molecular formula is C15H17BrN2O. The van der Waals surface area contributed by atoms with Crippen molar-refractivity contribution in [1.29, 1.82) is 0 Å². The van der Waals surface area contributed by atoms with Gasteiger partial charge in [0.1, 0.15) is 0 Å². The maximum atomic E-state index is 12.0. The van der Waals surface area contributed by atoms with Crippen molar-refractivity contribution in [1.82, 2.24) is 9.88 Å². The van der Waals surface area contributed by atoms with Crippen LogP contribution in [0.15, 0.2) is 22.7 Å². The smallest absolute Gasteiger partial charge is 0.222 e. The molecule has 0 aliphatic carbocycles. The average Bonchev–Trinajstić information content (AvgIpc) is 2.78. The third-order valence-electron chi connectivity index (χ3n) is 3.78. The molecule has 2 heterocycles. The van der Waals surface area contributed by atoms with E-state index in [9.17, 15) is 4.79 Å². The van der Waals surface area contributed by atoms with Gasteiger partial charge in [-0.2, -0.15) is 0 Å². The lowest BCUT2D eigenvalue weighted by molar-refractivity contribution is -0.132. The number of H-pyrrole nitrogens is 1. The fraction of sp³-hybridized carbons (Fsp3) is 0.400. The van der Waals surface area contributed by atoms with E-state index in [4.69, 9.17) is 0 Å². The molecule has 0 unspecified atom stereocenters. The lowest BCUT2D eigenvalue weighted by Crippen LogP contribution is -2.35. The van der Waals surface area contributed by atoms with Gasteiger partial charge in [0.05, 0.1) is 5.52 Å². The molecule has 19 heavy (non-hydrogen) atoms. The SMILES string of the molecule is CCCC(=O)N1CCc2[nH]c3c(Br)cccc3c2C1. The summed E-state index contributed by atoms with van der Waals surface area (Å²) in [6, 6.07) is 6.22. The largest absolute Gasteiger partial charge is 0.357 e. The topological polar surface area (TPSA) is 36.1 Å². The van der Waals surface area contributed by atoms with Crippen LogP contribution >= 0.6 is 15.9 Å². The molecule has 0 fully saturated rings. The minimum atomic E-state index is 0.275. The number of aromatic nitrogens is 1. The Bertz CT molecular complexity index is 632. The molecule has 0 radical (unpaired) electrons. The van der Waals surface area contributed by atoms with Crippen molar-refractivity contribution in [3.05, 3.63) is 33.9 Å². The second-order valence-electron chi connectivity index (χ2n) is 5.06. The van der Waals surface area contributed by atoms with Crippen LogP contribution in [-0.4, -0.2) is 22.3 Å².